The Hall–Kier alpha value is -2.38. The molecule has 1 aliphatic heterocycles. The third kappa shape index (κ3) is 9.31. The highest BCUT2D eigenvalue weighted by atomic mass is 79.9. The van der Waals surface area contributed by atoms with Crippen LogP contribution in [0, 0.1) is 23.3 Å². The summed E-state index contributed by atoms with van der Waals surface area (Å²) in [5, 5.41) is 6.61. The summed E-state index contributed by atoms with van der Waals surface area (Å²) >= 11 is 9.78. The van der Waals surface area contributed by atoms with Gasteiger partial charge in [0, 0.05) is 48.5 Å². The topological polar surface area (TPSA) is 58.5 Å². The third-order valence-corrected chi connectivity index (χ3v) is 9.95. The minimum absolute atomic E-state index is 0. The van der Waals surface area contributed by atoms with Crippen LogP contribution in [-0.4, -0.2) is 17.4 Å². The maximum absolute atomic E-state index is 13.7. The Kier molecular flexibility index (Phi) is 13.1. The first-order valence-corrected chi connectivity index (χ1v) is 16.1. The number of benzene rings is 2. The van der Waals surface area contributed by atoms with Crippen LogP contribution in [0.4, 0.5) is 17.6 Å². The van der Waals surface area contributed by atoms with Crippen LogP contribution < -0.4 is 5.32 Å². The van der Waals surface area contributed by atoms with Crippen LogP contribution in [0.3, 0.4) is 0 Å². The minimum Gasteiger partial charge on any atom is -0.349 e. The smallest absolute Gasteiger partial charge is 0.217 e. The van der Waals surface area contributed by atoms with E-state index in [0.29, 0.717) is 12.1 Å². The molecule has 228 valence electrons. The van der Waals surface area contributed by atoms with Crippen molar-refractivity contribution in [2.45, 2.75) is 44.7 Å². The zero-order valence-corrected chi connectivity index (χ0v) is 28.1. The monoisotopic (exact) mass is 778 g/mol. The molecule has 0 saturated heterocycles. The number of nitrogens with zero attached hydrogens (tertiary/aromatic N) is 1. The fourth-order valence-electron chi connectivity index (χ4n) is 4.47. The van der Waals surface area contributed by atoms with Crippen molar-refractivity contribution < 1.29 is 27.2 Å². The fraction of sp³-hybridized carbons (Fsp3) is 0.233. The summed E-state index contributed by atoms with van der Waals surface area (Å²) in [5.41, 5.74) is 0.0344. The van der Waals surface area contributed by atoms with Crippen molar-refractivity contribution in [2.24, 2.45) is 4.99 Å². The molecule has 2 aromatic heterocycles. The summed E-state index contributed by atoms with van der Waals surface area (Å²) in [4.78, 5) is 29.9. The number of rotatable bonds is 8. The summed E-state index contributed by atoms with van der Waals surface area (Å²) in [5.74, 6) is -3.66. The number of ketones is 1. The molecule has 5 rings (SSSR count). The molecule has 2 unspecified atom stereocenters. The van der Waals surface area contributed by atoms with Gasteiger partial charge in [0.05, 0.1) is 23.2 Å². The molecule has 1 aliphatic rings. The van der Waals surface area contributed by atoms with Gasteiger partial charge in [0.25, 0.3) is 0 Å². The van der Waals surface area contributed by atoms with Crippen LogP contribution in [0.25, 0.3) is 0 Å². The summed E-state index contributed by atoms with van der Waals surface area (Å²) < 4.78 is 56.6. The van der Waals surface area contributed by atoms with E-state index in [0.717, 1.165) is 37.3 Å². The van der Waals surface area contributed by atoms with Crippen molar-refractivity contribution in [3.8, 4) is 0 Å². The van der Waals surface area contributed by atoms with Crippen LogP contribution >= 0.6 is 66.9 Å². The Balaban J connectivity index is 0.000000233. The van der Waals surface area contributed by atoms with E-state index in [4.69, 9.17) is 0 Å². The second kappa shape index (κ2) is 16.1. The number of amides is 1. The first kappa shape index (κ1) is 35.1. The molecule has 0 aliphatic carbocycles. The van der Waals surface area contributed by atoms with Gasteiger partial charge in [0.15, 0.2) is 5.78 Å². The highest BCUT2D eigenvalue weighted by molar-refractivity contribution is 9.10. The average molecular weight is 781 g/mol. The molecule has 43 heavy (non-hydrogen) atoms. The summed E-state index contributed by atoms with van der Waals surface area (Å²) in [6.07, 6.45) is 1.60. The maximum atomic E-state index is 13.7. The van der Waals surface area contributed by atoms with Crippen LogP contribution in [0.5, 0.6) is 0 Å². The Morgan fingerprint density at radius 2 is 1.53 bits per heavy atom. The quantitative estimate of drug-likeness (QED) is 0.143. The van der Waals surface area contributed by atoms with E-state index in [-0.39, 0.29) is 48.8 Å². The lowest BCUT2D eigenvalue weighted by molar-refractivity contribution is -0.119. The zero-order chi connectivity index (χ0) is 30.4. The van der Waals surface area contributed by atoms with E-state index in [1.165, 1.54) is 42.5 Å². The predicted octanol–water partition coefficient (Wildman–Crippen LogP) is 10.2. The summed E-state index contributed by atoms with van der Waals surface area (Å²) in [7, 11) is 0. The Morgan fingerprint density at radius 3 is 2.07 bits per heavy atom. The van der Waals surface area contributed by atoms with Gasteiger partial charge in [-0.15, -0.1) is 35.1 Å². The Bertz CT molecular complexity index is 1590. The second-order valence-electron chi connectivity index (χ2n) is 9.37. The molecule has 0 radical (unpaired) electrons. The fourth-order valence-corrected chi connectivity index (χ4v) is 7.52. The van der Waals surface area contributed by atoms with Gasteiger partial charge < -0.3 is 5.32 Å². The molecule has 0 bridgehead atoms. The highest BCUT2D eigenvalue weighted by Crippen LogP contribution is 2.36. The first-order chi connectivity index (χ1) is 20.0. The second-order valence-corrected chi connectivity index (χ2v) is 13.1. The number of hydrogen-bond acceptors (Lipinski definition) is 5. The molecule has 0 saturated carbocycles. The summed E-state index contributed by atoms with van der Waals surface area (Å²) in [6.45, 7) is 1.38. The zero-order valence-electron chi connectivity index (χ0n) is 22.5. The van der Waals surface area contributed by atoms with E-state index in [9.17, 15) is 27.2 Å². The third-order valence-electron chi connectivity index (χ3n) is 6.34. The molecular formula is C30H25Br2ClF4N2O2S2. The van der Waals surface area contributed by atoms with Crippen molar-refractivity contribution in [1.82, 2.24) is 5.32 Å². The van der Waals surface area contributed by atoms with Gasteiger partial charge >= 0.3 is 0 Å². The SMILES string of the molecule is CC(=O)NC(CCC(=O)c1c(F)cccc1F)c1cc(Br)cs1.Cl.Fc1cccc(F)c1C1=NC(c2cc(Br)cs2)CC1. The molecule has 4 aromatic rings. The predicted molar refractivity (Wildman–Crippen MR) is 173 cm³/mol. The average Bonchev–Trinajstić information content (AvgIpc) is 3.68. The lowest BCUT2D eigenvalue weighted by atomic mass is 10.0. The van der Waals surface area contributed by atoms with Gasteiger partial charge in [-0.1, -0.05) is 12.1 Å². The van der Waals surface area contributed by atoms with Crippen molar-refractivity contribution >= 4 is 84.3 Å². The van der Waals surface area contributed by atoms with Gasteiger partial charge in [0.2, 0.25) is 5.91 Å². The molecular weight excluding hydrogens is 756 g/mol. The number of thiophene rings is 2. The molecule has 1 N–H and O–H groups in total. The highest BCUT2D eigenvalue weighted by Gasteiger charge is 2.25. The molecule has 13 heteroatoms. The minimum atomic E-state index is -0.870. The van der Waals surface area contributed by atoms with E-state index >= 15 is 0 Å². The first-order valence-electron chi connectivity index (χ1n) is 12.8. The van der Waals surface area contributed by atoms with Gasteiger partial charge in [-0.05, 0) is 87.5 Å². The van der Waals surface area contributed by atoms with Crippen molar-refractivity contribution in [3.63, 3.8) is 0 Å². The number of carbonyl (C=O) groups excluding carboxylic acids is 2. The molecule has 0 fully saturated rings. The largest absolute Gasteiger partial charge is 0.349 e. The van der Waals surface area contributed by atoms with Crippen molar-refractivity contribution in [1.29, 1.82) is 0 Å². The number of halogens is 7. The van der Waals surface area contributed by atoms with Crippen LogP contribution in [0.2, 0.25) is 0 Å². The summed E-state index contributed by atoms with van der Waals surface area (Å²) in [6, 6.07) is 10.7. The van der Waals surface area contributed by atoms with Crippen LogP contribution in [0.1, 0.15) is 70.4 Å². The molecule has 3 heterocycles. The van der Waals surface area contributed by atoms with Crippen molar-refractivity contribution in [2.75, 3.05) is 0 Å². The van der Waals surface area contributed by atoms with E-state index in [1.807, 2.05) is 22.9 Å². The standard InChI is InChI=1S/C16H14BrF2NO2S.C14H10BrF2NS.ClH/c1-9(21)20-13(15-7-10(17)8-23-15)5-6-14(22)16-11(18)3-2-4-12(16)19;15-8-6-13(19-7-8)11-4-5-12(18-11)14-9(16)2-1-3-10(14)17;/h2-4,7-8,13H,5-6H2,1H3,(H,20,21);1-3,6-7,11H,4-5H2;1H. The molecule has 1 amide bonds. The number of nitrogens with one attached hydrogen (secondary N) is 1. The van der Waals surface area contributed by atoms with E-state index in [2.05, 4.69) is 42.2 Å². The van der Waals surface area contributed by atoms with Gasteiger partial charge in [-0.2, -0.15) is 0 Å². The Labute approximate surface area is 277 Å². The van der Waals surface area contributed by atoms with Gasteiger partial charge in [-0.3, -0.25) is 14.6 Å². The van der Waals surface area contributed by atoms with Crippen molar-refractivity contribution in [3.05, 3.63) is 112 Å². The molecule has 4 nitrogen and oxygen atoms in total. The van der Waals surface area contributed by atoms with E-state index in [1.54, 1.807) is 11.3 Å². The lowest BCUT2D eigenvalue weighted by Crippen LogP contribution is -2.26. The molecule has 2 aromatic carbocycles. The van der Waals surface area contributed by atoms with E-state index < -0.39 is 34.6 Å². The number of aliphatic imine (C=N–C) groups is 1. The molecule has 0 spiro atoms. The molecule has 2 atom stereocenters. The van der Waals surface area contributed by atoms with Gasteiger partial charge in [-0.25, -0.2) is 17.6 Å². The number of hydrogen-bond donors (Lipinski definition) is 1. The van der Waals surface area contributed by atoms with Gasteiger partial charge in [0.1, 0.15) is 23.3 Å². The number of Topliss-reactive ketones (excluding diaryl/α,β-unsaturated/α-hetero) is 1. The Morgan fingerprint density at radius 1 is 0.953 bits per heavy atom. The normalized spacial score (nSPS) is 14.7. The van der Waals surface area contributed by atoms with Crippen LogP contribution in [-0.2, 0) is 4.79 Å². The maximum Gasteiger partial charge on any atom is 0.217 e. The van der Waals surface area contributed by atoms with Crippen LogP contribution in [0.15, 0.2) is 73.2 Å². The number of carbonyl (C=O) groups is 2. The lowest BCUT2D eigenvalue weighted by Gasteiger charge is -2.16.